The first-order chi connectivity index (χ1) is 8.18. The van der Waals surface area contributed by atoms with Gasteiger partial charge in [0.05, 0.1) is 6.61 Å². The molecule has 94 valence electrons. The van der Waals surface area contributed by atoms with Crippen molar-refractivity contribution in [1.29, 1.82) is 0 Å². The average molecular weight is 239 g/mol. The molecule has 0 amide bonds. The van der Waals surface area contributed by atoms with Gasteiger partial charge in [0.2, 0.25) is 0 Å². The van der Waals surface area contributed by atoms with Crippen LogP contribution in [0.2, 0.25) is 0 Å². The molecule has 0 radical (unpaired) electrons. The first-order valence-electron chi connectivity index (χ1n) is 5.98. The molecule has 1 aromatic carbocycles. The molecule has 1 N–H and O–H groups in total. The smallest absolute Gasteiger partial charge is 0.126 e. The topological polar surface area (TPSA) is 32.7 Å². The van der Waals surface area contributed by atoms with Gasteiger partial charge in [-0.05, 0) is 19.4 Å². The zero-order valence-electron chi connectivity index (χ0n) is 10.0. The van der Waals surface area contributed by atoms with Crippen LogP contribution in [0.1, 0.15) is 24.9 Å². The zero-order valence-corrected chi connectivity index (χ0v) is 10.0. The summed E-state index contributed by atoms with van der Waals surface area (Å²) in [7, 11) is 0. The Morgan fingerprint density at radius 1 is 1.35 bits per heavy atom. The lowest BCUT2D eigenvalue weighted by Crippen LogP contribution is -2.29. The molecule has 17 heavy (non-hydrogen) atoms. The van der Waals surface area contributed by atoms with Crippen molar-refractivity contribution in [3.05, 3.63) is 29.6 Å². The van der Waals surface area contributed by atoms with Crippen LogP contribution in [0.3, 0.4) is 0 Å². The average Bonchev–Trinajstić information content (AvgIpc) is 2.56. The molecule has 0 aromatic heterocycles. The van der Waals surface area contributed by atoms with E-state index in [-0.39, 0.29) is 11.8 Å². The van der Waals surface area contributed by atoms with E-state index in [2.05, 4.69) is 4.90 Å². The van der Waals surface area contributed by atoms with Crippen LogP contribution in [0.25, 0.3) is 0 Å². The Hall–Kier alpha value is -1.13. The number of phenols is 1. The number of benzene rings is 1. The van der Waals surface area contributed by atoms with Crippen molar-refractivity contribution < 1.29 is 14.2 Å². The molecule has 1 aliphatic heterocycles. The van der Waals surface area contributed by atoms with Gasteiger partial charge in [-0.1, -0.05) is 6.07 Å². The van der Waals surface area contributed by atoms with Crippen LogP contribution in [0.15, 0.2) is 18.2 Å². The highest BCUT2D eigenvalue weighted by molar-refractivity contribution is 5.34. The fourth-order valence-electron chi connectivity index (χ4n) is 2.22. The summed E-state index contributed by atoms with van der Waals surface area (Å²) in [6.07, 6.45) is 0.992. The highest BCUT2D eigenvalue weighted by Crippen LogP contribution is 2.29. The minimum Gasteiger partial charge on any atom is -0.508 e. The van der Waals surface area contributed by atoms with Crippen LogP contribution in [-0.2, 0) is 4.74 Å². The lowest BCUT2D eigenvalue weighted by molar-refractivity contribution is 0.133. The predicted octanol–water partition coefficient (Wildman–Crippen LogP) is 2.31. The minimum absolute atomic E-state index is 0.0302. The predicted molar refractivity (Wildman–Crippen MR) is 63.5 cm³/mol. The summed E-state index contributed by atoms with van der Waals surface area (Å²) in [4.78, 5) is 2.25. The fraction of sp³-hybridized carbons (Fsp3) is 0.538. The molecule has 3 nitrogen and oxygen atoms in total. The van der Waals surface area contributed by atoms with E-state index in [1.165, 1.54) is 12.1 Å². The Morgan fingerprint density at radius 3 is 2.94 bits per heavy atom. The molecule has 0 bridgehead atoms. The summed E-state index contributed by atoms with van der Waals surface area (Å²) in [6, 6.07) is 4.29. The van der Waals surface area contributed by atoms with E-state index in [9.17, 15) is 9.50 Å². The van der Waals surface area contributed by atoms with Crippen LogP contribution in [-0.4, -0.2) is 36.3 Å². The minimum atomic E-state index is -0.405. The molecule has 1 unspecified atom stereocenters. The highest BCUT2D eigenvalue weighted by atomic mass is 19.1. The molecule has 2 rings (SSSR count). The van der Waals surface area contributed by atoms with Gasteiger partial charge in [0, 0.05) is 37.4 Å². The summed E-state index contributed by atoms with van der Waals surface area (Å²) >= 11 is 0. The van der Waals surface area contributed by atoms with Gasteiger partial charge in [-0.2, -0.15) is 0 Å². The van der Waals surface area contributed by atoms with Crippen LogP contribution in [0.5, 0.6) is 5.75 Å². The third-order valence-corrected chi connectivity index (χ3v) is 3.25. The van der Waals surface area contributed by atoms with Gasteiger partial charge in [0.25, 0.3) is 0 Å². The Kier molecular flexibility index (Phi) is 3.97. The summed E-state index contributed by atoms with van der Waals surface area (Å²) < 4.78 is 18.3. The van der Waals surface area contributed by atoms with Crippen molar-refractivity contribution in [3.8, 4) is 5.75 Å². The molecule has 0 aliphatic carbocycles. The van der Waals surface area contributed by atoms with Crippen LogP contribution in [0, 0.1) is 5.82 Å². The lowest BCUT2D eigenvalue weighted by atomic mass is 10.1. The number of phenolic OH excluding ortho intramolecular Hbond substituents is 1. The molecule has 0 spiro atoms. The summed E-state index contributed by atoms with van der Waals surface area (Å²) in [5, 5.41) is 9.76. The SMILES string of the molecule is CC(c1ccc(F)cc1O)N1CCCOCC1. The number of hydrogen-bond donors (Lipinski definition) is 1. The van der Waals surface area contributed by atoms with Crippen molar-refractivity contribution in [3.63, 3.8) is 0 Å². The lowest BCUT2D eigenvalue weighted by Gasteiger charge is -2.27. The second kappa shape index (κ2) is 5.47. The number of rotatable bonds is 2. The van der Waals surface area contributed by atoms with E-state index in [0.717, 1.165) is 31.7 Å². The maximum atomic E-state index is 12.9. The number of ether oxygens (including phenoxy) is 1. The fourth-order valence-corrected chi connectivity index (χ4v) is 2.22. The molecular weight excluding hydrogens is 221 g/mol. The zero-order chi connectivity index (χ0) is 12.3. The maximum Gasteiger partial charge on any atom is 0.126 e. The number of halogens is 1. The van der Waals surface area contributed by atoms with Gasteiger partial charge >= 0.3 is 0 Å². The molecule has 4 heteroatoms. The first kappa shape index (κ1) is 12.3. The van der Waals surface area contributed by atoms with Gasteiger partial charge in [0.15, 0.2) is 0 Å². The summed E-state index contributed by atoms with van der Waals surface area (Å²) in [5.41, 5.74) is 0.772. The standard InChI is InChI=1S/C13H18FNO2/c1-10(15-5-2-7-17-8-6-15)12-4-3-11(14)9-13(12)16/h3-4,9-10,16H,2,5-8H2,1H3. The normalized spacial score (nSPS) is 19.9. The van der Waals surface area contributed by atoms with E-state index in [1.807, 2.05) is 6.92 Å². The maximum absolute atomic E-state index is 12.9. The molecule has 1 heterocycles. The first-order valence-corrected chi connectivity index (χ1v) is 5.98. The van der Waals surface area contributed by atoms with Crippen molar-refractivity contribution >= 4 is 0 Å². The molecule has 1 atom stereocenters. The second-order valence-corrected chi connectivity index (χ2v) is 4.38. The molecular formula is C13H18FNO2. The Bertz CT molecular complexity index is 376. The largest absolute Gasteiger partial charge is 0.508 e. The molecule has 0 saturated carbocycles. The van der Waals surface area contributed by atoms with Crippen LogP contribution >= 0.6 is 0 Å². The van der Waals surface area contributed by atoms with E-state index in [4.69, 9.17) is 4.74 Å². The molecule has 1 aromatic rings. The van der Waals surface area contributed by atoms with Gasteiger partial charge in [0.1, 0.15) is 11.6 Å². The van der Waals surface area contributed by atoms with E-state index in [1.54, 1.807) is 6.07 Å². The van der Waals surface area contributed by atoms with Gasteiger partial charge in [-0.3, -0.25) is 4.90 Å². The summed E-state index contributed by atoms with van der Waals surface area (Å²) in [5.74, 6) is -0.375. The quantitative estimate of drug-likeness (QED) is 0.859. The number of hydrogen-bond acceptors (Lipinski definition) is 3. The van der Waals surface area contributed by atoms with Crippen molar-refractivity contribution in [2.75, 3.05) is 26.3 Å². The van der Waals surface area contributed by atoms with Crippen molar-refractivity contribution in [2.45, 2.75) is 19.4 Å². The molecule has 1 fully saturated rings. The Balaban J connectivity index is 2.14. The monoisotopic (exact) mass is 239 g/mol. The van der Waals surface area contributed by atoms with Crippen LogP contribution < -0.4 is 0 Å². The van der Waals surface area contributed by atoms with Gasteiger partial charge < -0.3 is 9.84 Å². The number of nitrogens with zero attached hydrogens (tertiary/aromatic N) is 1. The van der Waals surface area contributed by atoms with Gasteiger partial charge in [-0.25, -0.2) is 4.39 Å². The summed E-state index contributed by atoms with van der Waals surface area (Å²) in [6.45, 7) is 5.32. The van der Waals surface area contributed by atoms with Crippen LogP contribution in [0.4, 0.5) is 4.39 Å². The van der Waals surface area contributed by atoms with Crippen molar-refractivity contribution in [1.82, 2.24) is 4.90 Å². The van der Waals surface area contributed by atoms with E-state index in [0.29, 0.717) is 6.61 Å². The molecule has 1 saturated heterocycles. The van der Waals surface area contributed by atoms with Gasteiger partial charge in [-0.15, -0.1) is 0 Å². The Morgan fingerprint density at radius 2 is 2.18 bits per heavy atom. The molecule has 1 aliphatic rings. The highest BCUT2D eigenvalue weighted by Gasteiger charge is 2.20. The Labute approximate surface area is 101 Å². The van der Waals surface area contributed by atoms with E-state index < -0.39 is 5.82 Å². The van der Waals surface area contributed by atoms with E-state index >= 15 is 0 Å². The third-order valence-electron chi connectivity index (χ3n) is 3.25. The number of aromatic hydroxyl groups is 1. The second-order valence-electron chi connectivity index (χ2n) is 4.38. The van der Waals surface area contributed by atoms with Crippen molar-refractivity contribution in [2.24, 2.45) is 0 Å². The third kappa shape index (κ3) is 2.96.